The van der Waals surface area contributed by atoms with Crippen molar-refractivity contribution in [2.45, 2.75) is 6.92 Å². The number of carbonyl (C=O) groups is 1. The quantitative estimate of drug-likeness (QED) is 0.154. The van der Waals surface area contributed by atoms with Crippen molar-refractivity contribution in [1.82, 2.24) is 0 Å². The lowest BCUT2D eigenvalue weighted by atomic mass is 10.1. The summed E-state index contributed by atoms with van der Waals surface area (Å²) < 4.78 is 4.98. The van der Waals surface area contributed by atoms with Crippen molar-refractivity contribution in [3.63, 3.8) is 0 Å². The van der Waals surface area contributed by atoms with E-state index in [1.807, 2.05) is 55.5 Å². The number of hydrogen-bond acceptors (Lipinski definition) is 4. The Balaban J connectivity index is 1.85. The van der Waals surface area contributed by atoms with E-state index in [0.717, 1.165) is 5.71 Å². The molecular formula is C30H28N2O2P+. The van der Waals surface area contributed by atoms with E-state index in [1.54, 1.807) is 0 Å². The van der Waals surface area contributed by atoms with Crippen LogP contribution in [-0.4, -0.2) is 30.7 Å². The van der Waals surface area contributed by atoms with Crippen molar-refractivity contribution in [2.75, 3.05) is 13.3 Å². The van der Waals surface area contributed by atoms with Gasteiger partial charge in [0.1, 0.15) is 29.3 Å². The third kappa shape index (κ3) is 5.45. The Morgan fingerprint density at radius 2 is 1.06 bits per heavy atom. The number of benzene rings is 4. The molecule has 4 aromatic carbocycles. The Morgan fingerprint density at radius 3 is 1.46 bits per heavy atom. The van der Waals surface area contributed by atoms with E-state index in [0.29, 0.717) is 11.7 Å². The van der Waals surface area contributed by atoms with Crippen LogP contribution in [-0.2, 0) is 9.53 Å². The molecule has 5 heteroatoms. The monoisotopic (exact) mass is 479 g/mol. The minimum Gasteiger partial charge on any atom is -0.464 e. The van der Waals surface area contributed by atoms with Gasteiger partial charge in [-0.25, -0.2) is 4.79 Å². The van der Waals surface area contributed by atoms with Gasteiger partial charge in [0.15, 0.2) is 5.71 Å². The Hall–Kier alpha value is -3.88. The van der Waals surface area contributed by atoms with Crippen LogP contribution in [0.3, 0.4) is 0 Å². The van der Waals surface area contributed by atoms with Crippen LogP contribution in [0.25, 0.3) is 0 Å². The molecule has 0 amide bonds. The normalized spacial score (nSPS) is 12.3. The van der Waals surface area contributed by atoms with Gasteiger partial charge in [-0.15, -0.1) is 5.10 Å². The van der Waals surface area contributed by atoms with Crippen LogP contribution in [0.1, 0.15) is 12.5 Å². The van der Waals surface area contributed by atoms with E-state index >= 15 is 0 Å². The molecule has 35 heavy (non-hydrogen) atoms. The maximum atomic E-state index is 12.5. The Labute approximate surface area is 207 Å². The molecule has 174 valence electrons. The summed E-state index contributed by atoms with van der Waals surface area (Å²) in [5.41, 5.74) is 1.70. The molecule has 0 aromatic heterocycles. The highest BCUT2D eigenvalue weighted by Gasteiger charge is 2.45. The van der Waals surface area contributed by atoms with Crippen molar-refractivity contribution in [2.24, 2.45) is 10.2 Å². The third-order valence-electron chi connectivity index (χ3n) is 5.80. The van der Waals surface area contributed by atoms with Gasteiger partial charge in [0.05, 0.1) is 12.8 Å². The lowest BCUT2D eigenvalue weighted by Gasteiger charge is -2.27. The second-order valence-electron chi connectivity index (χ2n) is 8.12. The van der Waals surface area contributed by atoms with Crippen molar-refractivity contribution < 1.29 is 9.53 Å². The smallest absolute Gasteiger partial charge is 0.359 e. The molecule has 0 aliphatic heterocycles. The largest absolute Gasteiger partial charge is 0.464 e. The van der Waals surface area contributed by atoms with Crippen LogP contribution in [0.2, 0.25) is 0 Å². The summed E-state index contributed by atoms with van der Waals surface area (Å²) in [6.07, 6.45) is 0.692. The molecule has 4 rings (SSSR count). The van der Waals surface area contributed by atoms with Crippen LogP contribution in [0.4, 0.5) is 0 Å². The van der Waals surface area contributed by atoms with E-state index < -0.39 is 13.2 Å². The zero-order valence-electron chi connectivity index (χ0n) is 19.9. The average molecular weight is 480 g/mol. The van der Waals surface area contributed by atoms with E-state index in [9.17, 15) is 4.79 Å². The molecule has 0 spiro atoms. The maximum Gasteiger partial charge on any atom is 0.359 e. The molecule has 4 nitrogen and oxygen atoms in total. The first kappa shape index (κ1) is 24.3. The molecule has 0 N–H and O–H groups in total. The Morgan fingerprint density at radius 1 is 0.657 bits per heavy atom. The van der Waals surface area contributed by atoms with Crippen LogP contribution in [0.5, 0.6) is 0 Å². The molecule has 0 aliphatic rings. The zero-order valence-corrected chi connectivity index (χ0v) is 20.8. The van der Waals surface area contributed by atoms with E-state index in [-0.39, 0.29) is 5.71 Å². The van der Waals surface area contributed by atoms with Crippen LogP contribution in [0, 0.1) is 0 Å². The van der Waals surface area contributed by atoms with Gasteiger partial charge in [-0.1, -0.05) is 84.9 Å². The average Bonchev–Trinajstić information content (AvgIpc) is 2.93. The number of methoxy groups -OCH3 is 1. The number of ether oxygens (including phenoxy) is 1. The third-order valence-corrected chi connectivity index (χ3v) is 10.3. The molecule has 0 unspecified atom stereocenters. The number of carbonyl (C=O) groups excluding carboxylic acids is 1. The first-order chi connectivity index (χ1) is 17.1. The van der Waals surface area contributed by atoms with Gasteiger partial charge in [0.2, 0.25) is 0 Å². The van der Waals surface area contributed by atoms with Crippen LogP contribution in [0.15, 0.2) is 132 Å². The highest BCUT2D eigenvalue weighted by atomic mass is 31.2. The van der Waals surface area contributed by atoms with Crippen molar-refractivity contribution >= 4 is 40.6 Å². The first-order valence-corrected chi connectivity index (χ1v) is 13.4. The molecule has 0 fully saturated rings. The van der Waals surface area contributed by atoms with Crippen LogP contribution >= 0.6 is 7.26 Å². The maximum absolute atomic E-state index is 12.5. The van der Waals surface area contributed by atoms with Gasteiger partial charge >= 0.3 is 5.97 Å². The second-order valence-corrected chi connectivity index (χ2v) is 11.6. The van der Waals surface area contributed by atoms with Gasteiger partial charge in [0, 0.05) is 5.56 Å². The summed E-state index contributed by atoms with van der Waals surface area (Å²) in [5.74, 6) is -0.511. The summed E-state index contributed by atoms with van der Waals surface area (Å²) in [6, 6.07) is 41.2. The predicted octanol–water partition coefficient (Wildman–Crippen LogP) is 5.02. The standard InChI is InChI=1S/C30H28N2O2P/c1-24(31-32-29(30(33)34-2)25-15-7-3-8-16-25)23-35(26-17-9-4-10-18-26,27-19-11-5-12-20-27)28-21-13-6-14-22-28/h3-22H,23H2,1-2H3/q+1. The van der Waals surface area contributed by atoms with Gasteiger partial charge in [-0.05, 0) is 43.3 Å². The zero-order chi connectivity index (χ0) is 24.5. The molecule has 0 saturated heterocycles. The fraction of sp³-hybridized carbons (Fsp3) is 0.100. The van der Waals surface area contributed by atoms with Crippen molar-refractivity contribution in [3.05, 3.63) is 127 Å². The summed E-state index contributed by atoms with van der Waals surface area (Å²) >= 11 is 0. The summed E-state index contributed by atoms with van der Waals surface area (Å²) in [5, 5.41) is 12.8. The van der Waals surface area contributed by atoms with E-state index in [2.05, 4.69) is 83.0 Å². The van der Waals surface area contributed by atoms with E-state index in [4.69, 9.17) is 4.74 Å². The molecule has 4 aromatic rings. The summed E-state index contributed by atoms with van der Waals surface area (Å²) in [6.45, 7) is 1.98. The molecule has 0 bridgehead atoms. The Bertz CT molecular complexity index is 1210. The van der Waals surface area contributed by atoms with Gasteiger partial charge in [0.25, 0.3) is 0 Å². The molecule has 0 saturated carbocycles. The lowest BCUT2D eigenvalue weighted by molar-refractivity contribution is -0.132. The Kier molecular flexibility index (Phi) is 7.97. The first-order valence-electron chi connectivity index (χ1n) is 11.4. The predicted molar refractivity (Wildman–Crippen MR) is 148 cm³/mol. The minimum atomic E-state index is -2.09. The number of nitrogens with zero attached hydrogens (tertiary/aromatic N) is 2. The molecular weight excluding hydrogens is 451 g/mol. The fourth-order valence-electron chi connectivity index (χ4n) is 4.19. The highest BCUT2D eigenvalue weighted by molar-refractivity contribution is 7.96. The molecule has 0 aliphatic carbocycles. The van der Waals surface area contributed by atoms with Crippen LogP contribution < -0.4 is 15.9 Å². The molecule has 0 heterocycles. The van der Waals surface area contributed by atoms with Crippen molar-refractivity contribution in [1.29, 1.82) is 0 Å². The second kappa shape index (κ2) is 11.5. The molecule has 0 radical (unpaired) electrons. The fourth-order valence-corrected chi connectivity index (χ4v) is 8.42. The van der Waals surface area contributed by atoms with Gasteiger partial charge in [-0.2, -0.15) is 5.10 Å². The van der Waals surface area contributed by atoms with Gasteiger partial charge < -0.3 is 4.74 Å². The molecule has 0 atom stereocenters. The minimum absolute atomic E-state index is 0.190. The van der Waals surface area contributed by atoms with E-state index in [1.165, 1.54) is 23.0 Å². The summed E-state index contributed by atoms with van der Waals surface area (Å²) in [4.78, 5) is 12.5. The number of hydrogen-bond donors (Lipinski definition) is 0. The van der Waals surface area contributed by atoms with Gasteiger partial charge in [-0.3, -0.25) is 0 Å². The van der Waals surface area contributed by atoms with Crippen molar-refractivity contribution in [3.8, 4) is 0 Å². The number of esters is 1. The highest BCUT2D eigenvalue weighted by Crippen LogP contribution is 2.55. The topological polar surface area (TPSA) is 51.0 Å². The number of rotatable bonds is 8. The SMILES string of the molecule is COC(=O)C(=NN=C(C)C[P+](c1ccccc1)(c1ccccc1)c1ccccc1)c1ccccc1. The lowest BCUT2D eigenvalue weighted by Crippen LogP contribution is -2.35. The summed E-state index contributed by atoms with van der Waals surface area (Å²) in [7, 11) is -0.733.